The molecule has 0 radical (unpaired) electrons. The van der Waals surface area contributed by atoms with Crippen molar-refractivity contribution in [3.05, 3.63) is 48.3 Å². The molecule has 2 aromatic carbocycles. The Labute approximate surface area is 168 Å². The highest BCUT2D eigenvalue weighted by molar-refractivity contribution is 5.93. The number of carbonyl (C=O) groups excluding carboxylic acids is 2. The average molecular weight is 394 g/mol. The Morgan fingerprint density at radius 3 is 2.38 bits per heavy atom. The van der Waals surface area contributed by atoms with Crippen molar-refractivity contribution in [2.45, 2.75) is 26.8 Å². The molecule has 0 aliphatic heterocycles. The first-order valence-electron chi connectivity index (χ1n) is 9.02. The summed E-state index contributed by atoms with van der Waals surface area (Å²) in [6, 6.07) is 10.9. The summed E-state index contributed by atoms with van der Waals surface area (Å²) in [6.07, 6.45) is 1.45. The summed E-state index contributed by atoms with van der Waals surface area (Å²) in [7, 11) is 1.50. The van der Waals surface area contributed by atoms with Crippen LogP contribution >= 0.6 is 0 Å². The van der Waals surface area contributed by atoms with E-state index in [1.54, 1.807) is 12.1 Å². The molecule has 0 saturated heterocycles. The predicted molar refractivity (Wildman–Crippen MR) is 109 cm³/mol. The van der Waals surface area contributed by atoms with Crippen LogP contribution in [0.4, 0.5) is 11.5 Å². The second-order valence-electron chi connectivity index (χ2n) is 6.51. The number of fused-ring (bicyclic) bond motifs is 1. The van der Waals surface area contributed by atoms with Gasteiger partial charge in [0.1, 0.15) is 12.1 Å². The standard InChI is InChI=1S/C21H22N4O4/c1-12(24-13(2)26)15-5-7-16(8-6-15)25-21-17-9-20(29-14(3)27)19(28-4)10-18(17)22-11-23-21/h5-12H,1-4H3,(H,24,26)(H,22,23,25). The van der Waals surface area contributed by atoms with Crippen LogP contribution in [0.1, 0.15) is 32.4 Å². The van der Waals surface area contributed by atoms with E-state index in [0.29, 0.717) is 28.2 Å². The van der Waals surface area contributed by atoms with Crippen LogP contribution in [-0.4, -0.2) is 29.0 Å². The molecule has 1 heterocycles. The first-order valence-corrected chi connectivity index (χ1v) is 9.02. The summed E-state index contributed by atoms with van der Waals surface area (Å²) in [5, 5.41) is 6.78. The molecule has 1 unspecified atom stereocenters. The second kappa shape index (κ2) is 8.55. The first kappa shape index (κ1) is 20.1. The van der Waals surface area contributed by atoms with Gasteiger partial charge in [-0.25, -0.2) is 9.97 Å². The Kier molecular flexibility index (Phi) is 5.92. The number of methoxy groups -OCH3 is 1. The molecule has 2 N–H and O–H groups in total. The van der Waals surface area contributed by atoms with Gasteiger partial charge in [0.15, 0.2) is 11.5 Å². The fraction of sp³-hybridized carbons (Fsp3) is 0.238. The number of hydrogen-bond donors (Lipinski definition) is 2. The lowest BCUT2D eigenvalue weighted by atomic mass is 10.1. The van der Waals surface area contributed by atoms with Crippen molar-refractivity contribution in [1.29, 1.82) is 0 Å². The van der Waals surface area contributed by atoms with E-state index in [1.807, 2.05) is 31.2 Å². The van der Waals surface area contributed by atoms with Crippen LogP contribution < -0.4 is 20.1 Å². The fourth-order valence-corrected chi connectivity index (χ4v) is 2.94. The highest BCUT2D eigenvalue weighted by Crippen LogP contribution is 2.34. The smallest absolute Gasteiger partial charge is 0.308 e. The van der Waals surface area contributed by atoms with Crippen LogP contribution in [0.5, 0.6) is 11.5 Å². The van der Waals surface area contributed by atoms with Gasteiger partial charge in [0, 0.05) is 31.0 Å². The molecule has 3 rings (SSSR count). The maximum absolute atomic E-state index is 11.4. The van der Waals surface area contributed by atoms with Crippen molar-refractivity contribution in [1.82, 2.24) is 15.3 Å². The van der Waals surface area contributed by atoms with Gasteiger partial charge in [0.05, 0.1) is 18.7 Å². The zero-order valence-electron chi connectivity index (χ0n) is 16.6. The molecule has 1 amide bonds. The maximum Gasteiger partial charge on any atom is 0.308 e. The number of ether oxygens (including phenoxy) is 2. The Hall–Kier alpha value is -3.68. The number of benzene rings is 2. The minimum Gasteiger partial charge on any atom is -0.493 e. The number of hydrogen-bond acceptors (Lipinski definition) is 7. The number of esters is 1. The largest absolute Gasteiger partial charge is 0.493 e. The van der Waals surface area contributed by atoms with Crippen LogP contribution in [0, 0.1) is 0 Å². The van der Waals surface area contributed by atoms with Gasteiger partial charge in [-0.1, -0.05) is 12.1 Å². The molecule has 1 aromatic heterocycles. The van der Waals surface area contributed by atoms with Crippen LogP contribution in [-0.2, 0) is 9.59 Å². The number of aromatic nitrogens is 2. The van der Waals surface area contributed by atoms with E-state index in [2.05, 4.69) is 20.6 Å². The topological polar surface area (TPSA) is 102 Å². The lowest BCUT2D eigenvalue weighted by Gasteiger charge is -2.15. The van der Waals surface area contributed by atoms with E-state index in [4.69, 9.17) is 9.47 Å². The summed E-state index contributed by atoms with van der Waals surface area (Å²) in [5.74, 6) is 0.747. The molecule has 0 bridgehead atoms. The van der Waals surface area contributed by atoms with Crippen LogP contribution in [0.15, 0.2) is 42.7 Å². The van der Waals surface area contributed by atoms with Gasteiger partial charge < -0.3 is 20.1 Å². The second-order valence-corrected chi connectivity index (χ2v) is 6.51. The zero-order chi connectivity index (χ0) is 21.0. The average Bonchev–Trinajstić information content (AvgIpc) is 2.67. The Morgan fingerprint density at radius 1 is 1.03 bits per heavy atom. The molecule has 29 heavy (non-hydrogen) atoms. The molecule has 0 fully saturated rings. The molecule has 0 spiro atoms. The van der Waals surface area contributed by atoms with Crippen molar-refractivity contribution < 1.29 is 19.1 Å². The third-order valence-corrected chi connectivity index (χ3v) is 4.27. The van der Waals surface area contributed by atoms with E-state index in [9.17, 15) is 9.59 Å². The van der Waals surface area contributed by atoms with Crippen molar-refractivity contribution in [2.24, 2.45) is 0 Å². The van der Waals surface area contributed by atoms with Gasteiger partial charge in [-0.15, -0.1) is 0 Å². The normalized spacial score (nSPS) is 11.6. The fourth-order valence-electron chi connectivity index (χ4n) is 2.94. The monoisotopic (exact) mass is 394 g/mol. The van der Waals surface area contributed by atoms with E-state index in [1.165, 1.54) is 27.3 Å². The third-order valence-electron chi connectivity index (χ3n) is 4.27. The molecule has 8 nitrogen and oxygen atoms in total. The Morgan fingerprint density at radius 2 is 1.76 bits per heavy atom. The molecule has 1 atom stereocenters. The SMILES string of the molecule is COc1cc2ncnc(Nc3ccc(C(C)NC(C)=O)cc3)c2cc1OC(C)=O. The van der Waals surface area contributed by atoms with Crippen molar-refractivity contribution in [3.8, 4) is 11.5 Å². The molecular formula is C21H22N4O4. The third kappa shape index (κ3) is 4.78. The summed E-state index contributed by atoms with van der Waals surface area (Å²) in [5.41, 5.74) is 2.44. The Bertz CT molecular complexity index is 1050. The summed E-state index contributed by atoms with van der Waals surface area (Å²) in [4.78, 5) is 31.2. The van der Waals surface area contributed by atoms with Gasteiger partial charge in [0.2, 0.25) is 5.91 Å². The number of anilines is 2. The molecule has 0 aliphatic carbocycles. The van der Waals surface area contributed by atoms with Gasteiger partial charge in [-0.05, 0) is 30.7 Å². The van der Waals surface area contributed by atoms with Gasteiger partial charge in [-0.3, -0.25) is 9.59 Å². The van der Waals surface area contributed by atoms with Crippen LogP contribution in [0.25, 0.3) is 10.9 Å². The lowest BCUT2D eigenvalue weighted by molar-refractivity contribution is -0.132. The van der Waals surface area contributed by atoms with Gasteiger partial charge in [0.25, 0.3) is 0 Å². The summed E-state index contributed by atoms with van der Waals surface area (Å²) in [6.45, 7) is 4.74. The number of nitrogens with zero attached hydrogens (tertiary/aromatic N) is 2. The van der Waals surface area contributed by atoms with E-state index in [0.717, 1.165) is 11.3 Å². The minimum atomic E-state index is -0.446. The van der Waals surface area contributed by atoms with Gasteiger partial charge in [-0.2, -0.15) is 0 Å². The van der Waals surface area contributed by atoms with Crippen LogP contribution in [0.3, 0.4) is 0 Å². The number of nitrogens with one attached hydrogen (secondary N) is 2. The molecular weight excluding hydrogens is 372 g/mol. The van der Waals surface area contributed by atoms with Gasteiger partial charge >= 0.3 is 5.97 Å². The molecule has 0 saturated carbocycles. The van der Waals surface area contributed by atoms with E-state index in [-0.39, 0.29) is 11.9 Å². The van der Waals surface area contributed by atoms with Crippen LogP contribution in [0.2, 0.25) is 0 Å². The van der Waals surface area contributed by atoms with Crippen molar-refractivity contribution >= 4 is 34.3 Å². The first-order chi connectivity index (χ1) is 13.9. The highest BCUT2D eigenvalue weighted by Gasteiger charge is 2.13. The van der Waals surface area contributed by atoms with Crippen molar-refractivity contribution in [3.63, 3.8) is 0 Å². The highest BCUT2D eigenvalue weighted by atomic mass is 16.6. The molecule has 0 aliphatic rings. The molecule has 8 heteroatoms. The maximum atomic E-state index is 11.4. The number of amides is 1. The summed E-state index contributed by atoms with van der Waals surface area (Å²) >= 11 is 0. The van der Waals surface area contributed by atoms with Crippen molar-refractivity contribution in [2.75, 3.05) is 12.4 Å². The van der Waals surface area contributed by atoms with E-state index >= 15 is 0 Å². The minimum absolute atomic E-state index is 0.0776. The number of rotatable bonds is 6. The number of carbonyl (C=O) groups is 2. The Balaban J connectivity index is 1.91. The molecule has 3 aromatic rings. The lowest BCUT2D eigenvalue weighted by Crippen LogP contribution is -2.23. The van der Waals surface area contributed by atoms with E-state index < -0.39 is 5.97 Å². The predicted octanol–water partition coefficient (Wildman–Crippen LogP) is 3.50. The summed E-state index contributed by atoms with van der Waals surface area (Å²) < 4.78 is 10.5. The molecule has 150 valence electrons. The zero-order valence-corrected chi connectivity index (χ0v) is 16.6. The quantitative estimate of drug-likeness (QED) is 0.487.